The molecule has 1 aliphatic heterocycles. The number of piperazine rings is 1. The Balaban J connectivity index is 1.53. The van der Waals surface area contributed by atoms with E-state index in [1.165, 1.54) is 0 Å². The van der Waals surface area contributed by atoms with Crippen molar-refractivity contribution in [3.63, 3.8) is 0 Å². The van der Waals surface area contributed by atoms with Crippen molar-refractivity contribution in [1.82, 2.24) is 24.9 Å². The fourth-order valence-electron chi connectivity index (χ4n) is 3.05. The highest BCUT2D eigenvalue weighted by Crippen LogP contribution is 2.38. The predicted octanol–water partition coefficient (Wildman–Crippen LogP) is 1.71. The van der Waals surface area contributed by atoms with Gasteiger partial charge in [-0.3, -0.25) is 9.69 Å². The minimum atomic E-state index is -0.0389. The van der Waals surface area contributed by atoms with Crippen molar-refractivity contribution in [1.29, 1.82) is 0 Å². The Hall–Kier alpha value is -2.15. The van der Waals surface area contributed by atoms with Gasteiger partial charge in [-0.2, -0.15) is 4.98 Å². The van der Waals surface area contributed by atoms with Crippen LogP contribution >= 0.6 is 0 Å². The molecule has 3 heterocycles. The minimum Gasteiger partial charge on any atom is -0.357 e. The number of aryl methyl sites for hydroxylation is 1. The molecule has 7 nitrogen and oxygen atoms in total. The van der Waals surface area contributed by atoms with E-state index in [0.717, 1.165) is 30.8 Å². The van der Waals surface area contributed by atoms with Crippen LogP contribution < -0.4 is 0 Å². The molecule has 2 aromatic rings. The molecule has 1 saturated carbocycles. The maximum absolute atomic E-state index is 12.7. The highest BCUT2D eigenvalue weighted by atomic mass is 16.5. The number of likely N-dealkylation sites (N-methyl/N-ethyl adjacent to an activating group) is 1. The summed E-state index contributed by atoms with van der Waals surface area (Å²) < 4.78 is 5.47. The molecule has 1 saturated heterocycles. The van der Waals surface area contributed by atoms with E-state index in [1.54, 1.807) is 6.20 Å². The van der Waals surface area contributed by atoms with Crippen LogP contribution in [0.15, 0.2) is 16.8 Å². The zero-order valence-corrected chi connectivity index (χ0v) is 13.5. The van der Waals surface area contributed by atoms with Crippen molar-refractivity contribution in [3.05, 3.63) is 35.2 Å². The Morgan fingerprint density at radius 3 is 2.91 bits per heavy atom. The molecule has 1 aliphatic carbocycles. The monoisotopic (exact) mass is 315 g/mol. The number of carbonyl (C=O) groups is 1. The molecule has 1 atom stereocenters. The molecule has 0 bridgehead atoms. The zero-order chi connectivity index (χ0) is 16.0. The SMILES string of the molecule is Cc1cc[nH]c1C(=O)N1CCN(C)[C@H](c2nc(C3CC3)no2)C1. The third-order valence-corrected chi connectivity index (χ3v) is 4.79. The summed E-state index contributed by atoms with van der Waals surface area (Å²) in [7, 11) is 2.04. The Labute approximate surface area is 134 Å². The number of rotatable bonds is 3. The van der Waals surface area contributed by atoms with Gasteiger partial charge in [0.1, 0.15) is 11.7 Å². The van der Waals surface area contributed by atoms with Crippen LogP contribution in [0.1, 0.15) is 52.6 Å². The van der Waals surface area contributed by atoms with E-state index >= 15 is 0 Å². The Morgan fingerprint density at radius 2 is 2.22 bits per heavy atom. The summed E-state index contributed by atoms with van der Waals surface area (Å²) in [5, 5.41) is 4.10. The Kier molecular flexibility index (Phi) is 3.45. The summed E-state index contributed by atoms with van der Waals surface area (Å²) in [5.74, 6) is 1.94. The molecule has 23 heavy (non-hydrogen) atoms. The molecule has 1 N–H and O–H groups in total. The highest BCUT2D eigenvalue weighted by molar-refractivity contribution is 5.94. The third-order valence-electron chi connectivity index (χ3n) is 4.79. The summed E-state index contributed by atoms with van der Waals surface area (Å²) in [4.78, 5) is 24.3. The van der Waals surface area contributed by atoms with Crippen molar-refractivity contribution in [3.8, 4) is 0 Å². The van der Waals surface area contributed by atoms with Crippen molar-refractivity contribution >= 4 is 5.91 Å². The third kappa shape index (κ3) is 2.65. The first-order valence-electron chi connectivity index (χ1n) is 8.10. The summed E-state index contributed by atoms with van der Waals surface area (Å²) in [6.45, 7) is 4.00. The fourth-order valence-corrected chi connectivity index (χ4v) is 3.05. The maximum atomic E-state index is 12.7. The first-order chi connectivity index (χ1) is 11.1. The Morgan fingerprint density at radius 1 is 1.39 bits per heavy atom. The van der Waals surface area contributed by atoms with Gasteiger partial charge < -0.3 is 14.4 Å². The number of nitrogens with one attached hydrogen (secondary N) is 1. The molecule has 2 fully saturated rings. The summed E-state index contributed by atoms with van der Waals surface area (Å²) in [5.41, 5.74) is 1.64. The molecule has 0 unspecified atom stereocenters. The van der Waals surface area contributed by atoms with Crippen LogP contribution in [0.2, 0.25) is 0 Å². The van der Waals surface area contributed by atoms with Crippen molar-refractivity contribution in [2.45, 2.75) is 31.7 Å². The first kappa shape index (κ1) is 14.4. The van der Waals surface area contributed by atoms with Gasteiger partial charge in [0.2, 0.25) is 5.89 Å². The standard InChI is InChI=1S/C16H21N5O2/c1-10-5-6-17-13(10)16(22)21-8-7-20(2)12(9-21)15-18-14(19-23-15)11-3-4-11/h5-6,11-12,17H,3-4,7-9H2,1-2H3/t12-/m0/s1. The van der Waals surface area contributed by atoms with Crippen LogP contribution in [0.4, 0.5) is 0 Å². The van der Waals surface area contributed by atoms with Crippen LogP contribution in [0.25, 0.3) is 0 Å². The number of amides is 1. The number of nitrogens with zero attached hydrogens (tertiary/aromatic N) is 4. The van der Waals surface area contributed by atoms with Crippen molar-refractivity contribution < 1.29 is 9.32 Å². The van der Waals surface area contributed by atoms with Crippen LogP contribution in [0, 0.1) is 6.92 Å². The molecule has 2 aromatic heterocycles. The lowest BCUT2D eigenvalue weighted by Gasteiger charge is -2.37. The van der Waals surface area contributed by atoms with Gasteiger partial charge in [0.05, 0.1) is 0 Å². The summed E-state index contributed by atoms with van der Waals surface area (Å²) in [6, 6.07) is 1.88. The molecule has 2 aliphatic rings. The molecule has 7 heteroatoms. The number of carbonyl (C=O) groups excluding carboxylic acids is 1. The quantitative estimate of drug-likeness (QED) is 0.933. The lowest BCUT2D eigenvalue weighted by Crippen LogP contribution is -2.49. The summed E-state index contributed by atoms with van der Waals surface area (Å²) in [6.07, 6.45) is 4.10. The zero-order valence-electron chi connectivity index (χ0n) is 13.5. The molecular weight excluding hydrogens is 294 g/mol. The molecule has 122 valence electrons. The Bertz CT molecular complexity index is 718. The molecule has 0 spiro atoms. The number of hydrogen-bond donors (Lipinski definition) is 1. The van der Waals surface area contributed by atoms with Gasteiger partial charge in [0, 0.05) is 31.7 Å². The van der Waals surface area contributed by atoms with Crippen molar-refractivity contribution in [2.24, 2.45) is 0 Å². The predicted molar refractivity (Wildman–Crippen MR) is 83.1 cm³/mol. The van der Waals surface area contributed by atoms with Gasteiger partial charge in [-0.25, -0.2) is 0 Å². The number of H-pyrrole nitrogens is 1. The maximum Gasteiger partial charge on any atom is 0.270 e. The van der Waals surface area contributed by atoms with Crippen LogP contribution in [-0.2, 0) is 0 Å². The average Bonchev–Trinajstić information content (AvgIpc) is 3.12. The number of hydrogen-bond acceptors (Lipinski definition) is 5. The van der Waals surface area contributed by atoms with Gasteiger partial charge >= 0.3 is 0 Å². The van der Waals surface area contributed by atoms with Crippen LogP contribution in [0.3, 0.4) is 0 Å². The van der Waals surface area contributed by atoms with E-state index in [4.69, 9.17) is 4.52 Å². The van der Waals surface area contributed by atoms with Gasteiger partial charge in [-0.15, -0.1) is 0 Å². The normalized spacial score (nSPS) is 22.5. The lowest BCUT2D eigenvalue weighted by molar-refractivity contribution is 0.0484. The topological polar surface area (TPSA) is 78.3 Å². The summed E-state index contributed by atoms with van der Waals surface area (Å²) >= 11 is 0. The van der Waals surface area contributed by atoms with E-state index in [-0.39, 0.29) is 11.9 Å². The largest absolute Gasteiger partial charge is 0.357 e. The van der Waals surface area contributed by atoms with E-state index < -0.39 is 0 Å². The van der Waals surface area contributed by atoms with E-state index in [9.17, 15) is 4.79 Å². The van der Waals surface area contributed by atoms with E-state index in [1.807, 2.05) is 24.9 Å². The first-order valence-corrected chi connectivity index (χ1v) is 8.10. The molecule has 0 aromatic carbocycles. The van der Waals surface area contributed by atoms with E-state index in [0.29, 0.717) is 30.6 Å². The van der Waals surface area contributed by atoms with Gasteiger partial charge in [-0.05, 0) is 38.4 Å². The molecule has 1 amide bonds. The highest BCUT2D eigenvalue weighted by Gasteiger charge is 2.35. The second-order valence-electron chi connectivity index (χ2n) is 6.55. The number of aromatic amines is 1. The molecule has 0 radical (unpaired) electrons. The second-order valence-corrected chi connectivity index (χ2v) is 6.55. The fraction of sp³-hybridized carbons (Fsp3) is 0.562. The molecule has 4 rings (SSSR count). The number of aromatic nitrogens is 3. The van der Waals surface area contributed by atoms with Gasteiger partial charge in [0.15, 0.2) is 5.82 Å². The molecular formula is C16H21N5O2. The van der Waals surface area contributed by atoms with Crippen LogP contribution in [-0.4, -0.2) is 57.5 Å². The second kappa shape index (κ2) is 5.49. The average molecular weight is 315 g/mol. The van der Waals surface area contributed by atoms with E-state index in [2.05, 4.69) is 20.0 Å². The smallest absolute Gasteiger partial charge is 0.270 e. The lowest BCUT2D eigenvalue weighted by atomic mass is 10.1. The van der Waals surface area contributed by atoms with Crippen molar-refractivity contribution in [2.75, 3.05) is 26.7 Å². The minimum absolute atomic E-state index is 0.0348. The van der Waals surface area contributed by atoms with Gasteiger partial charge in [-0.1, -0.05) is 5.16 Å². The van der Waals surface area contributed by atoms with Gasteiger partial charge in [0.25, 0.3) is 5.91 Å². The van der Waals surface area contributed by atoms with Crippen LogP contribution in [0.5, 0.6) is 0 Å².